The van der Waals surface area contributed by atoms with Gasteiger partial charge in [-0.25, -0.2) is 24.8 Å². The third kappa shape index (κ3) is 7.84. The number of halogens is 1. The molecule has 0 aliphatic carbocycles. The van der Waals surface area contributed by atoms with Gasteiger partial charge in [0.25, 0.3) is 16.1 Å². The molecule has 1 amide bonds. The number of benzene rings is 1. The first-order valence-electron chi connectivity index (χ1n) is 12.5. The molecule has 0 unspecified atom stereocenters. The van der Waals surface area contributed by atoms with E-state index in [-0.39, 0.29) is 19.7 Å². The minimum Gasteiger partial charge on any atom is -0.395 e. The Morgan fingerprint density at radius 3 is 2.65 bits per heavy atom. The first-order chi connectivity index (χ1) is 19.0. The lowest BCUT2D eigenvalue weighted by Crippen LogP contribution is -2.47. The van der Waals surface area contributed by atoms with Crippen molar-refractivity contribution in [2.75, 3.05) is 67.5 Å². The zero-order valence-corrected chi connectivity index (χ0v) is 24.6. The van der Waals surface area contributed by atoms with Gasteiger partial charge in [-0.2, -0.15) is 8.42 Å². The van der Waals surface area contributed by atoms with Gasteiger partial charge in [-0.3, -0.25) is 9.69 Å². The van der Waals surface area contributed by atoms with E-state index in [0.29, 0.717) is 38.9 Å². The monoisotopic (exact) mass is 609 g/mol. The van der Waals surface area contributed by atoms with E-state index < -0.39 is 16.1 Å². The largest absolute Gasteiger partial charge is 0.395 e. The number of piperazine rings is 1. The van der Waals surface area contributed by atoms with Gasteiger partial charge in [0.1, 0.15) is 22.3 Å². The maximum Gasteiger partial charge on any atom is 0.274 e. The molecule has 16 heteroatoms. The van der Waals surface area contributed by atoms with Crippen LogP contribution in [0.15, 0.2) is 30.5 Å². The van der Waals surface area contributed by atoms with Gasteiger partial charge in [0.05, 0.1) is 23.5 Å². The summed E-state index contributed by atoms with van der Waals surface area (Å²) in [6, 6.07) is 7.10. The Bertz CT molecular complexity index is 1430. The Morgan fingerprint density at radius 1 is 1.23 bits per heavy atom. The molecule has 1 aliphatic heterocycles. The van der Waals surface area contributed by atoms with Gasteiger partial charge in [-0.05, 0) is 25.5 Å². The number of aliphatic hydroxyl groups excluding tert-OH is 1. The second-order valence-corrected chi connectivity index (χ2v) is 12.0. The smallest absolute Gasteiger partial charge is 0.274 e. The molecule has 0 spiro atoms. The summed E-state index contributed by atoms with van der Waals surface area (Å²) >= 11 is 7.58. The van der Waals surface area contributed by atoms with Crippen molar-refractivity contribution in [2.45, 2.75) is 13.8 Å². The molecule has 5 N–H and O–H groups in total. The number of aryl methyl sites for hydroxylation is 2. The number of nitrogens with two attached hydrogens (primary N) is 1. The molecular weight excluding hydrogens is 578 g/mol. The molecule has 13 nitrogen and oxygen atoms in total. The summed E-state index contributed by atoms with van der Waals surface area (Å²) in [5.74, 6) is 1.53. The number of aromatic nitrogens is 3. The normalized spacial score (nSPS) is 14.4. The summed E-state index contributed by atoms with van der Waals surface area (Å²) < 4.78 is 25.0. The zero-order chi connectivity index (χ0) is 28.9. The van der Waals surface area contributed by atoms with Gasteiger partial charge < -0.3 is 20.2 Å². The number of nitrogens with zero attached hydrogens (tertiary/aromatic N) is 6. The van der Waals surface area contributed by atoms with Crippen LogP contribution in [0.3, 0.4) is 0 Å². The van der Waals surface area contributed by atoms with Crippen LogP contribution in [-0.4, -0.2) is 91.7 Å². The topological polar surface area (TPSA) is 170 Å². The third-order valence-electron chi connectivity index (χ3n) is 6.23. The molecule has 1 saturated heterocycles. The molecule has 0 bridgehead atoms. The fraction of sp³-hybridized carbons (Fsp3) is 0.417. The molecule has 0 atom stereocenters. The molecule has 40 heavy (non-hydrogen) atoms. The summed E-state index contributed by atoms with van der Waals surface area (Å²) in [7, 11) is -3.93. The lowest BCUT2D eigenvalue weighted by molar-refractivity contribution is 0.0990. The SMILES string of the molecule is Cc1nc(Nc2ncc(C(=O)N(CCNS(N)(=O)=O)c3c(C)cccc3Cl)s2)cc(N2CCN(CCO)CC2)n1. The number of carbonyl (C=O) groups excluding carboxylic acids is 1. The summed E-state index contributed by atoms with van der Waals surface area (Å²) in [6.45, 7) is 7.55. The quantitative estimate of drug-likeness (QED) is 0.250. The molecule has 1 fully saturated rings. The van der Waals surface area contributed by atoms with Gasteiger partial charge >= 0.3 is 0 Å². The Kier molecular flexibility index (Phi) is 9.89. The van der Waals surface area contributed by atoms with Crippen molar-refractivity contribution in [3.05, 3.63) is 51.7 Å². The minimum absolute atomic E-state index is 0.000527. The van der Waals surface area contributed by atoms with Crippen LogP contribution in [0.5, 0.6) is 0 Å². The molecule has 3 aromatic rings. The van der Waals surface area contributed by atoms with Crippen molar-refractivity contribution in [3.8, 4) is 0 Å². The van der Waals surface area contributed by atoms with Gasteiger partial charge in [-0.1, -0.05) is 35.1 Å². The second-order valence-electron chi connectivity index (χ2n) is 9.17. The Morgan fingerprint density at radius 2 is 1.98 bits per heavy atom. The molecule has 1 aromatic carbocycles. The molecule has 0 radical (unpaired) electrons. The fourth-order valence-electron chi connectivity index (χ4n) is 4.37. The van der Waals surface area contributed by atoms with E-state index >= 15 is 0 Å². The number of hydrogen-bond donors (Lipinski definition) is 4. The highest BCUT2D eigenvalue weighted by molar-refractivity contribution is 7.87. The van der Waals surface area contributed by atoms with E-state index in [1.807, 2.05) is 26.0 Å². The number of aliphatic hydroxyl groups is 1. The second kappa shape index (κ2) is 13.2. The van der Waals surface area contributed by atoms with Crippen LogP contribution in [0.4, 0.5) is 22.5 Å². The number of anilines is 4. The average Bonchev–Trinajstić information content (AvgIpc) is 3.35. The van der Waals surface area contributed by atoms with Crippen LogP contribution in [0.2, 0.25) is 5.02 Å². The predicted molar refractivity (Wildman–Crippen MR) is 157 cm³/mol. The number of amides is 1. The van der Waals surface area contributed by atoms with Crippen molar-refractivity contribution in [3.63, 3.8) is 0 Å². The predicted octanol–water partition coefficient (Wildman–Crippen LogP) is 1.50. The van der Waals surface area contributed by atoms with Gasteiger partial charge in [0.2, 0.25) is 0 Å². The standard InChI is InChI=1S/C24H32ClN9O4S2/c1-16-4-3-5-18(25)22(16)34(7-6-28-40(26,37)38)23(36)19-15-27-24(39-19)31-20-14-21(30-17(2)29-20)33-10-8-32(9-11-33)12-13-35/h3-5,14-15,28,35H,6-13H2,1-2H3,(H2,26,37,38)(H,27,29,30,31). The van der Waals surface area contributed by atoms with Crippen molar-refractivity contribution in [1.29, 1.82) is 0 Å². The van der Waals surface area contributed by atoms with E-state index in [1.165, 1.54) is 11.1 Å². The Balaban J connectivity index is 1.51. The third-order valence-corrected chi connectivity index (χ3v) is 8.04. The van der Waals surface area contributed by atoms with E-state index in [4.69, 9.17) is 16.7 Å². The van der Waals surface area contributed by atoms with Crippen LogP contribution < -0.4 is 25.0 Å². The molecule has 1 aliphatic rings. The maximum absolute atomic E-state index is 13.6. The fourth-order valence-corrected chi connectivity index (χ4v) is 5.84. The molecule has 4 rings (SSSR count). The minimum atomic E-state index is -3.93. The Hall–Kier alpha value is -2.92. The van der Waals surface area contributed by atoms with Gasteiger partial charge in [0, 0.05) is 51.9 Å². The molecule has 0 saturated carbocycles. The summed E-state index contributed by atoms with van der Waals surface area (Å²) in [5, 5.41) is 18.2. The van der Waals surface area contributed by atoms with Crippen molar-refractivity contribution < 1.29 is 18.3 Å². The first kappa shape index (κ1) is 30.0. The average molecular weight is 610 g/mol. The number of carbonyl (C=O) groups is 1. The summed E-state index contributed by atoms with van der Waals surface area (Å²) in [4.78, 5) is 33.1. The van der Waals surface area contributed by atoms with Gasteiger partial charge in [-0.15, -0.1) is 0 Å². The highest BCUT2D eigenvalue weighted by atomic mass is 35.5. The van der Waals surface area contributed by atoms with E-state index in [0.717, 1.165) is 48.9 Å². The maximum atomic E-state index is 13.6. The Labute approximate surface area is 242 Å². The number of β-amino-alcohol motifs (C(OH)–C–C–N with tert-alkyl or cyclic N) is 1. The molecule has 3 heterocycles. The summed E-state index contributed by atoms with van der Waals surface area (Å²) in [5.41, 5.74) is 1.23. The number of nitrogens with one attached hydrogen (secondary N) is 2. The lowest BCUT2D eigenvalue weighted by atomic mass is 10.1. The number of para-hydroxylation sites is 1. The van der Waals surface area contributed by atoms with Crippen molar-refractivity contribution >= 4 is 61.5 Å². The van der Waals surface area contributed by atoms with Crippen LogP contribution in [0.25, 0.3) is 0 Å². The lowest BCUT2D eigenvalue weighted by Gasteiger charge is -2.35. The van der Waals surface area contributed by atoms with Crippen LogP contribution in [-0.2, 0) is 10.2 Å². The van der Waals surface area contributed by atoms with Crippen LogP contribution in [0, 0.1) is 13.8 Å². The highest BCUT2D eigenvalue weighted by Crippen LogP contribution is 2.32. The van der Waals surface area contributed by atoms with Gasteiger partial charge in [0.15, 0.2) is 5.13 Å². The number of rotatable bonds is 11. The number of thiazole rings is 1. The highest BCUT2D eigenvalue weighted by Gasteiger charge is 2.24. The van der Waals surface area contributed by atoms with Crippen LogP contribution in [0.1, 0.15) is 21.1 Å². The van der Waals surface area contributed by atoms with E-state index in [2.05, 4.69) is 34.8 Å². The molecule has 216 valence electrons. The summed E-state index contributed by atoms with van der Waals surface area (Å²) in [6.07, 6.45) is 1.46. The van der Waals surface area contributed by atoms with E-state index in [1.54, 1.807) is 12.1 Å². The first-order valence-corrected chi connectivity index (χ1v) is 15.3. The van der Waals surface area contributed by atoms with Crippen LogP contribution >= 0.6 is 22.9 Å². The van der Waals surface area contributed by atoms with Crippen molar-refractivity contribution in [1.82, 2.24) is 24.6 Å². The molecule has 2 aromatic heterocycles. The molecular formula is C24H32ClN9O4S2. The number of hydrogen-bond acceptors (Lipinski definition) is 11. The zero-order valence-electron chi connectivity index (χ0n) is 22.2. The van der Waals surface area contributed by atoms with Crippen molar-refractivity contribution in [2.24, 2.45) is 5.14 Å². The van der Waals surface area contributed by atoms with E-state index in [9.17, 15) is 18.3 Å².